The summed E-state index contributed by atoms with van der Waals surface area (Å²) < 4.78 is 12.5. The fraction of sp³-hybridized carbons (Fsp3) is 0. The lowest BCUT2D eigenvalue weighted by atomic mass is 9.98. The largest absolute Gasteiger partial charge is 0.456 e. The lowest BCUT2D eigenvalue weighted by Gasteiger charge is -2.11. The average molecular weight is 642 g/mol. The number of benzene rings is 7. The Balaban J connectivity index is 1.20. The van der Waals surface area contributed by atoms with Crippen molar-refractivity contribution < 1.29 is 8.83 Å². The zero-order valence-electron chi connectivity index (χ0n) is 26.7. The van der Waals surface area contributed by atoms with Gasteiger partial charge in [-0.1, -0.05) is 127 Å². The maximum Gasteiger partial charge on any atom is 0.164 e. The van der Waals surface area contributed by atoms with Gasteiger partial charge in [0, 0.05) is 38.2 Å². The van der Waals surface area contributed by atoms with E-state index in [1.54, 1.807) is 0 Å². The molecular formula is C45H27N3O2. The van der Waals surface area contributed by atoms with Gasteiger partial charge in [0.2, 0.25) is 0 Å². The first-order chi connectivity index (χ1) is 24.8. The zero-order chi connectivity index (χ0) is 33.0. The molecule has 5 heteroatoms. The molecule has 0 saturated carbocycles. The number of furan rings is 2. The molecule has 0 spiro atoms. The molecule has 0 unspecified atom stereocenters. The molecule has 50 heavy (non-hydrogen) atoms. The fourth-order valence-corrected chi connectivity index (χ4v) is 7.01. The predicted octanol–water partition coefficient (Wildman–Crippen LogP) is 12.0. The third-order valence-corrected chi connectivity index (χ3v) is 9.35. The first-order valence-electron chi connectivity index (χ1n) is 16.6. The Morgan fingerprint density at radius 1 is 0.300 bits per heavy atom. The van der Waals surface area contributed by atoms with Crippen LogP contribution in [0.4, 0.5) is 0 Å². The van der Waals surface area contributed by atoms with Gasteiger partial charge in [0.1, 0.15) is 22.3 Å². The summed E-state index contributed by atoms with van der Waals surface area (Å²) in [7, 11) is 0. The Bertz CT molecular complexity index is 2750. The standard InChI is InChI=1S/C45H27N3O2/c1-2-12-28(13-3-1)29-14-8-15-30(26-29)31-16-9-17-32(27-31)43-46-44(35-20-10-24-39-41(35)33-18-4-6-22-37(33)49-39)48-45(47-43)36-21-11-25-40-42(36)34-19-5-7-23-38(34)50-40/h1-27H. The summed E-state index contributed by atoms with van der Waals surface area (Å²) in [5.41, 5.74) is 10.4. The highest BCUT2D eigenvalue weighted by Crippen LogP contribution is 2.39. The van der Waals surface area contributed by atoms with Gasteiger partial charge in [-0.2, -0.15) is 0 Å². The molecule has 0 N–H and O–H groups in total. The quantitative estimate of drug-likeness (QED) is 0.187. The third-order valence-electron chi connectivity index (χ3n) is 9.35. The highest BCUT2D eigenvalue weighted by molar-refractivity contribution is 6.13. The van der Waals surface area contributed by atoms with Crippen molar-refractivity contribution in [1.82, 2.24) is 15.0 Å². The summed E-state index contributed by atoms with van der Waals surface area (Å²) in [6, 6.07) is 55.8. The van der Waals surface area contributed by atoms with Gasteiger partial charge in [0.15, 0.2) is 17.5 Å². The summed E-state index contributed by atoms with van der Waals surface area (Å²) in [6.07, 6.45) is 0. The van der Waals surface area contributed by atoms with E-state index in [1.165, 1.54) is 11.1 Å². The SMILES string of the molecule is c1ccc(-c2cccc(-c3cccc(-c4nc(-c5cccc6oc7ccccc7c56)nc(-c5cccc6oc7ccccc7c56)n4)c3)c2)cc1. The molecule has 7 aromatic carbocycles. The monoisotopic (exact) mass is 641 g/mol. The zero-order valence-corrected chi connectivity index (χ0v) is 26.7. The highest BCUT2D eigenvalue weighted by Gasteiger charge is 2.20. The van der Waals surface area contributed by atoms with Gasteiger partial charge >= 0.3 is 0 Å². The molecule has 0 bridgehead atoms. The van der Waals surface area contributed by atoms with Gasteiger partial charge in [0.25, 0.3) is 0 Å². The van der Waals surface area contributed by atoms with E-state index >= 15 is 0 Å². The smallest absolute Gasteiger partial charge is 0.164 e. The molecule has 0 radical (unpaired) electrons. The molecule has 3 aromatic heterocycles. The molecule has 3 heterocycles. The van der Waals surface area contributed by atoms with Crippen LogP contribution in [-0.4, -0.2) is 15.0 Å². The minimum atomic E-state index is 0.573. The average Bonchev–Trinajstić information content (AvgIpc) is 3.77. The minimum absolute atomic E-state index is 0.573. The van der Waals surface area contributed by atoms with Crippen molar-refractivity contribution >= 4 is 43.9 Å². The van der Waals surface area contributed by atoms with Crippen LogP contribution in [0.3, 0.4) is 0 Å². The number of rotatable bonds is 5. The van der Waals surface area contributed by atoms with E-state index in [-0.39, 0.29) is 0 Å². The van der Waals surface area contributed by atoms with Crippen LogP contribution in [0.25, 0.3) is 100 Å². The van der Waals surface area contributed by atoms with E-state index in [9.17, 15) is 0 Å². The molecule has 0 aliphatic heterocycles. The molecule has 10 rings (SSSR count). The topological polar surface area (TPSA) is 65.0 Å². The number of nitrogens with zero attached hydrogens (tertiary/aromatic N) is 3. The first kappa shape index (κ1) is 28.2. The van der Waals surface area contributed by atoms with E-state index in [0.29, 0.717) is 17.5 Å². The van der Waals surface area contributed by atoms with Gasteiger partial charge < -0.3 is 8.83 Å². The molecule has 0 amide bonds. The molecule has 0 fully saturated rings. The summed E-state index contributed by atoms with van der Waals surface area (Å²) in [5.74, 6) is 1.73. The number of hydrogen-bond donors (Lipinski definition) is 0. The lowest BCUT2D eigenvalue weighted by molar-refractivity contribution is 0.668. The van der Waals surface area contributed by atoms with Crippen LogP contribution >= 0.6 is 0 Å². The van der Waals surface area contributed by atoms with E-state index in [1.807, 2.05) is 66.7 Å². The van der Waals surface area contributed by atoms with E-state index < -0.39 is 0 Å². The Morgan fingerprint density at radius 2 is 0.700 bits per heavy atom. The molecular weight excluding hydrogens is 615 g/mol. The number of para-hydroxylation sites is 2. The van der Waals surface area contributed by atoms with Crippen molar-refractivity contribution in [3.05, 3.63) is 164 Å². The summed E-state index contributed by atoms with van der Waals surface area (Å²) in [4.78, 5) is 15.5. The van der Waals surface area contributed by atoms with Crippen LogP contribution in [0.5, 0.6) is 0 Å². The Hall–Kier alpha value is -6.85. The van der Waals surface area contributed by atoms with Crippen molar-refractivity contribution in [1.29, 1.82) is 0 Å². The molecule has 0 aliphatic carbocycles. The van der Waals surface area contributed by atoms with Gasteiger partial charge in [-0.05, 0) is 58.7 Å². The second-order valence-electron chi connectivity index (χ2n) is 12.4. The van der Waals surface area contributed by atoms with Gasteiger partial charge in [0.05, 0.1) is 0 Å². The molecule has 0 atom stereocenters. The Morgan fingerprint density at radius 3 is 1.28 bits per heavy atom. The van der Waals surface area contributed by atoms with Crippen LogP contribution in [0, 0.1) is 0 Å². The summed E-state index contributed by atoms with van der Waals surface area (Å²) in [5, 5.41) is 3.99. The summed E-state index contributed by atoms with van der Waals surface area (Å²) in [6.45, 7) is 0. The van der Waals surface area contributed by atoms with E-state index in [2.05, 4.69) is 97.1 Å². The van der Waals surface area contributed by atoms with Gasteiger partial charge in [-0.3, -0.25) is 0 Å². The van der Waals surface area contributed by atoms with E-state index in [4.69, 9.17) is 23.8 Å². The van der Waals surface area contributed by atoms with Crippen LogP contribution in [0.1, 0.15) is 0 Å². The lowest BCUT2D eigenvalue weighted by Crippen LogP contribution is -2.01. The third kappa shape index (κ3) is 4.67. The molecule has 234 valence electrons. The van der Waals surface area contributed by atoms with Crippen molar-refractivity contribution in [3.8, 4) is 56.4 Å². The minimum Gasteiger partial charge on any atom is -0.456 e. The second kappa shape index (κ2) is 11.4. The van der Waals surface area contributed by atoms with Gasteiger partial charge in [-0.25, -0.2) is 15.0 Å². The van der Waals surface area contributed by atoms with Crippen LogP contribution in [0.15, 0.2) is 173 Å². The van der Waals surface area contributed by atoms with Crippen molar-refractivity contribution in [3.63, 3.8) is 0 Å². The number of fused-ring (bicyclic) bond motifs is 6. The second-order valence-corrected chi connectivity index (χ2v) is 12.4. The van der Waals surface area contributed by atoms with Crippen molar-refractivity contribution in [2.75, 3.05) is 0 Å². The number of hydrogen-bond acceptors (Lipinski definition) is 5. The van der Waals surface area contributed by atoms with Crippen LogP contribution in [-0.2, 0) is 0 Å². The molecule has 0 aliphatic rings. The molecule has 0 saturated heterocycles. The Kier molecular flexibility index (Phi) is 6.42. The van der Waals surface area contributed by atoms with Crippen molar-refractivity contribution in [2.45, 2.75) is 0 Å². The van der Waals surface area contributed by atoms with Crippen LogP contribution < -0.4 is 0 Å². The molecule has 10 aromatic rings. The maximum absolute atomic E-state index is 6.26. The predicted molar refractivity (Wildman–Crippen MR) is 202 cm³/mol. The normalized spacial score (nSPS) is 11.6. The Labute approximate surface area is 287 Å². The molecule has 5 nitrogen and oxygen atoms in total. The fourth-order valence-electron chi connectivity index (χ4n) is 7.01. The first-order valence-corrected chi connectivity index (χ1v) is 16.6. The highest BCUT2D eigenvalue weighted by atomic mass is 16.3. The maximum atomic E-state index is 6.26. The summed E-state index contributed by atoms with van der Waals surface area (Å²) >= 11 is 0. The number of aromatic nitrogens is 3. The van der Waals surface area contributed by atoms with Gasteiger partial charge in [-0.15, -0.1) is 0 Å². The van der Waals surface area contributed by atoms with Crippen LogP contribution in [0.2, 0.25) is 0 Å². The van der Waals surface area contributed by atoms with E-state index in [0.717, 1.165) is 71.7 Å². The van der Waals surface area contributed by atoms with Crippen molar-refractivity contribution in [2.24, 2.45) is 0 Å².